The Morgan fingerprint density at radius 1 is 1.00 bits per heavy atom. The van der Waals surface area contributed by atoms with E-state index < -0.39 is 0 Å². The summed E-state index contributed by atoms with van der Waals surface area (Å²) in [6, 6.07) is 4.51. The molecule has 0 bridgehead atoms. The molecule has 0 spiro atoms. The third-order valence-electron chi connectivity index (χ3n) is 4.01. The number of benzene rings is 1. The van der Waals surface area contributed by atoms with Crippen LogP contribution in [0.4, 0.5) is 0 Å². The van der Waals surface area contributed by atoms with Gasteiger partial charge in [0.25, 0.3) is 0 Å². The van der Waals surface area contributed by atoms with E-state index in [0.29, 0.717) is 13.2 Å². The van der Waals surface area contributed by atoms with Gasteiger partial charge in [0, 0.05) is 44.9 Å². The van der Waals surface area contributed by atoms with Gasteiger partial charge < -0.3 is 9.47 Å². The molecule has 0 radical (unpaired) electrons. The average molecular weight is 335 g/mol. The predicted octanol–water partition coefficient (Wildman–Crippen LogP) is 5.67. The molecule has 0 aliphatic rings. The van der Waals surface area contributed by atoms with Crippen LogP contribution in [0.2, 0.25) is 0 Å². The molecule has 0 saturated heterocycles. The van der Waals surface area contributed by atoms with E-state index >= 15 is 0 Å². The van der Waals surface area contributed by atoms with Crippen LogP contribution in [0.5, 0.6) is 0 Å². The SMILES string of the molecule is CCOC(Cc1c(C)sc2ccc3c(C)scc3c12)OCC. The van der Waals surface area contributed by atoms with E-state index in [4.69, 9.17) is 9.47 Å². The second kappa shape index (κ2) is 6.67. The molecule has 3 rings (SSSR count). The minimum atomic E-state index is -0.151. The third kappa shape index (κ3) is 2.81. The van der Waals surface area contributed by atoms with Crippen LogP contribution in [-0.2, 0) is 15.9 Å². The first kappa shape index (κ1) is 15.9. The fourth-order valence-electron chi connectivity index (χ4n) is 2.99. The van der Waals surface area contributed by atoms with Gasteiger partial charge in [-0.05, 0) is 50.1 Å². The van der Waals surface area contributed by atoms with Gasteiger partial charge in [-0.2, -0.15) is 0 Å². The van der Waals surface area contributed by atoms with Crippen LogP contribution in [0.1, 0.15) is 29.2 Å². The summed E-state index contributed by atoms with van der Waals surface area (Å²) in [4.78, 5) is 2.76. The summed E-state index contributed by atoms with van der Waals surface area (Å²) in [5, 5.41) is 6.44. The molecule has 4 heteroatoms. The van der Waals surface area contributed by atoms with Crippen molar-refractivity contribution >= 4 is 43.5 Å². The lowest BCUT2D eigenvalue weighted by Gasteiger charge is -2.17. The molecule has 0 N–H and O–H groups in total. The third-order valence-corrected chi connectivity index (χ3v) is 6.05. The normalized spacial score (nSPS) is 12.0. The molecule has 0 fully saturated rings. The van der Waals surface area contributed by atoms with E-state index in [1.165, 1.54) is 36.2 Å². The second-order valence-electron chi connectivity index (χ2n) is 5.37. The van der Waals surface area contributed by atoms with E-state index in [1.807, 2.05) is 36.5 Å². The zero-order chi connectivity index (χ0) is 15.7. The molecular weight excluding hydrogens is 312 g/mol. The minimum absolute atomic E-state index is 0.151. The molecule has 118 valence electrons. The zero-order valence-corrected chi connectivity index (χ0v) is 15.2. The summed E-state index contributed by atoms with van der Waals surface area (Å²) in [6.07, 6.45) is 0.670. The lowest BCUT2D eigenvalue weighted by Crippen LogP contribution is -2.20. The summed E-state index contributed by atoms with van der Waals surface area (Å²) < 4.78 is 12.9. The summed E-state index contributed by atoms with van der Waals surface area (Å²) in [6.45, 7) is 9.80. The molecule has 2 heterocycles. The van der Waals surface area contributed by atoms with E-state index in [9.17, 15) is 0 Å². The van der Waals surface area contributed by atoms with Gasteiger partial charge in [-0.25, -0.2) is 0 Å². The minimum Gasteiger partial charge on any atom is -0.353 e. The van der Waals surface area contributed by atoms with Crippen molar-refractivity contribution in [3.05, 3.63) is 32.8 Å². The van der Waals surface area contributed by atoms with Gasteiger partial charge in [0.15, 0.2) is 6.29 Å². The van der Waals surface area contributed by atoms with Crippen molar-refractivity contribution in [2.75, 3.05) is 13.2 Å². The number of aryl methyl sites for hydroxylation is 2. The van der Waals surface area contributed by atoms with Gasteiger partial charge in [-0.1, -0.05) is 6.07 Å². The fraction of sp³-hybridized carbons (Fsp3) is 0.444. The molecule has 0 atom stereocenters. The predicted molar refractivity (Wildman–Crippen MR) is 97.4 cm³/mol. The smallest absolute Gasteiger partial charge is 0.161 e. The number of hydrogen-bond acceptors (Lipinski definition) is 4. The van der Waals surface area contributed by atoms with Crippen molar-refractivity contribution in [1.82, 2.24) is 0 Å². The number of ether oxygens (including phenoxy) is 2. The lowest BCUT2D eigenvalue weighted by molar-refractivity contribution is -0.134. The van der Waals surface area contributed by atoms with Crippen LogP contribution in [0.25, 0.3) is 20.9 Å². The van der Waals surface area contributed by atoms with Gasteiger partial charge in [0.1, 0.15) is 0 Å². The van der Waals surface area contributed by atoms with Crippen LogP contribution in [0, 0.1) is 13.8 Å². The van der Waals surface area contributed by atoms with E-state index in [1.54, 1.807) is 0 Å². The molecule has 2 aromatic heterocycles. The van der Waals surface area contributed by atoms with Gasteiger partial charge in [-0.3, -0.25) is 0 Å². The van der Waals surface area contributed by atoms with Crippen molar-refractivity contribution in [2.24, 2.45) is 0 Å². The number of fused-ring (bicyclic) bond motifs is 3. The molecule has 2 nitrogen and oxygen atoms in total. The zero-order valence-electron chi connectivity index (χ0n) is 13.6. The molecule has 3 aromatic rings. The van der Waals surface area contributed by atoms with Gasteiger partial charge in [0.05, 0.1) is 0 Å². The Balaban J connectivity index is 2.11. The van der Waals surface area contributed by atoms with Crippen LogP contribution >= 0.6 is 22.7 Å². The van der Waals surface area contributed by atoms with Crippen molar-refractivity contribution in [2.45, 2.75) is 40.4 Å². The Kier molecular flexibility index (Phi) is 4.83. The highest BCUT2D eigenvalue weighted by molar-refractivity contribution is 7.19. The summed E-state index contributed by atoms with van der Waals surface area (Å²) in [5.41, 5.74) is 1.38. The Morgan fingerprint density at radius 2 is 1.73 bits per heavy atom. The maximum atomic E-state index is 5.76. The molecule has 0 amide bonds. The van der Waals surface area contributed by atoms with Crippen molar-refractivity contribution < 1.29 is 9.47 Å². The number of rotatable bonds is 6. The molecule has 1 aromatic carbocycles. The highest BCUT2D eigenvalue weighted by Crippen LogP contribution is 2.39. The summed E-state index contributed by atoms with van der Waals surface area (Å²) in [5.74, 6) is 0. The first-order valence-corrected chi connectivity index (χ1v) is 9.47. The average Bonchev–Trinajstić information content (AvgIpc) is 3.01. The highest BCUT2D eigenvalue weighted by atomic mass is 32.1. The van der Waals surface area contributed by atoms with Crippen LogP contribution in [0.15, 0.2) is 17.5 Å². The standard InChI is InChI=1S/C18H22O2S2/c1-5-19-17(20-6-2)9-14-12(4)22-16-8-7-13-11(3)21-10-15(13)18(14)16/h7-8,10,17H,5-6,9H2,1-4H3. The summed E-state index contributed by atoms with van der Waals surface area (Å²) in [7, 11) is 0. The maximum absolute atomic E-state index is 5.76. The van der Waals surface area contributed by atoms with Gasteiger partial charge >= 0.3 is 0 Å². The first-order valence-electron chi connectivity index (χ1n) is 7.77. The number of thiophene rings is 2. The van der Waals surface area contributed by atoms with Crippen molar-refractivity contribution in [3.8, 4) is 0 Å². The van der Waals surface area contributed by atoms with Crippen molar-refractivity contribution in [3.63, 3.8) is 0 Å². The van der Waals surface area contributed by atoms with Crippen LogP contribution in [-0.4, -0.2) is 19.5 Å². The van der Waals surface area contributed by atoms with Crippen molar-refractivity contribution in [1.29, 1.82) is 0 Å². The number of hydrogen-bond donors (Lipinski definition) is 0. The quantitative estimate of drug-likeness (QED) is 0.540. The van der Waals surface area contributed by atoms with Gasteiger partial charge in [0.2, 0.25) is 0 Å². The van der Waals surface area contributed by atoms with Crippen LogP contribution < -0.4 is 0 Å². The van der Waals surface area contributed by atoms with Crippen LogP contribution in [0.3, 0.4) is 0 Å². The largest absolute Gasteiger partial charge is 0.353 e. The molecule has 0 saturated carbocycles. The molecular formula is C18H22O2S2. The molecule has 0 unspecified atom stereocenters. The Morgan fingerprint density at radius 3 is 2.41 bits per heavy atom. The first-order chi connectivity index (χ1) is 10.7. The Labute approximate surface area is 139 Å². The lowest BCUT2D eigenvalue weighted by atomic mass is 10.0. The molecule has 22 heavy (non-hydrogen) atoms. The van der Waals surface area contributed by atoms with E-state index in [-0.39, 0.29) is 6.29 Å². The summed E-state index contributed by atoms with van der Waals surface area (Å²) >= 11 is 3.71. The fourth-order valence-corrected chi connectivity index (χ4v) is 4.94. The maximum Gasteiger partial charge on any atom is 0.161 e. The second-order valence-corrected chi connectivity index (χ2v) is 7.71. The van der Waals surface area contributed by atoms with E-state index in [2.05, 4.69) is 31.4 Å². The molecule has 0 aliphatic heterocycles. The molecule has 0 aliphatic carbocycles. The topological polar surface area (TPSA) is 18.5 Å². The van der Waals surface area contributed by atoms with E-state index in [0.717, 1.165) is 6.42 Å². The Hall–Kier alpha value is -0.940. The monoisotopic (exact) mass is 334 g/mol. The Bertz CT molecular complexity index is 779. The highest BCUT2D eigenvalue weighted by Gasteiger charge is 2.18. The van der Waals surface area contributed by atoms with Gasteiger partial charge in [-0.15, -0.1) is 22.7 Å².